The standard InChI is InChI=1S/C16H27N.ClH/c1-6-7-8-13-16(2,3)14-9-11-15(12-10-14)17(4)5;/h9-12H,6-8,13H2,1-5H3;1H. The highest BCUT2D eigenvalue weighted by atomic mass is 35.5. The normalized spacial score (nSPS) is 11.4. The van der Waals surface area contributed by atoms with E-state index >= 15 is 0 Å². The molecule has 0 atom stereocenters. The van der Waals surface area contributed by atoms with E-state index in [1.807, 2.05) is 0 Å². The molecule has 0 heterocycles. The average molecular weight is 270 g/mol. The maximum Gasteiger partial charge on any atom is 0.130 e. The lowest BCUT2D eigenvalue weighted by Crippen LogP contribution is -3.00. The molecule has 0 fully saturated rings. The highest BCUT2D eigenvalue weighted by Crippen LogP contribution is 2.29. The molecule has 0 aromatic heterocycles. The largest absolute Gasteiger partial charge is 1.00 e. The van der Waals surface area contributed by atoms with Gasteiger partial charge in [-0.25, -0.2) is 0 Å². The molecule has 0 spiro atoms. The lowest BCUT2D eigenvalue weighted by Gasteiger charge is -2.25. The van der Waals surface area contributed by atoms with Gasteiger partial charge in [-0.05, 0) is 29.5 Å². The minimum atomic E-state index is 0. The van der Waals surface area contributed by atoms with Crippen molar-refractivity contribution in [2.75, 3.05) is 14.1 Å². The van der Waals surface area contributed by atoms with Gasteiger partial charge in [0, 0.05) is 0 Å². The van der Waals surface area contributed by atoms with E-state index in [1.165, 1.54) is 41.8 Å². The van der Waals surface area contributed by atoms with Gasteiger partial charge in [-0.2, -0.15) is 0 Å². The molecule has 1 aromatic carbocycles. The third-order valence-electron chi connectivity index (χ3n) is 3.65. The van der Waals surface area contributed by atoms with Crippen LogP contribution in [0, 0.1) is 0 Å². The summed E-state index contributed by atoms with van der Waals surface area (Å²) >= 11 is 0. The Morgan fingerprint density at radius 3 is 2.00 bits per heavy atom. The maximum absolute atomic E-state index is 2.36. The summed E-state index contributed by atoms with van der Waals surface area (Å²) in [4.78, 5) is 1.39. The van der Waals surface area contributed by atoms with Gasteiger partial charge in [0.15, 0.2) is 0 Å². The van der Waals surface area contributed by atoms with Gasteiger partial charge in [-0.3, -0.25) is 0 Å². The number of benzene rings is 1. The molecule has 0 aliphatic rings. The van der Waals surface area contributed by atoms with Crippen LogP contribution in [0.2, 0.25) is 0 Å². The molecule has 104 valence electrons. The zero-order valence-electron chi connectivity index (χ0n) is 12.5. The second-order valence-electron chi connectivity index (χ2n) is 5.92. The summed E-state index contributed by atoms with van der Waals surface area (Å²) in [7, 11) is 4.34. The summed E-state index contributed by atoms with van der Waals surface area (Å²) in [5.74, 6) is 0. The molecule has 0 saturated carbocycles. The van der Waals surface area contributed by atoms with Crippen LogP contribution in [0.25, 0.3) is 0 Å². The van der Waals surface area contributed by atoms with Crippen molar-refractivity contribution in [2.24, 2.45) is 0 Å². The van der Waals surface area contributed by atoms with Gasteiger partial charge in [0.2, 0.25) is 0 Å². The van der Waals surface area contributed by atoms with E-state index in [1.54, 1.807) is 0 Å². The van der Waals surface area contributed by atoms with Crippen molar-refractivity contribution in [3.63, 3.8) is 0 Å². The molecule has 18 heavy (non-hydrogen) atoms. The van der Waals surface area contributed by atoms with Crippen molar-refractivity contribution in [2.45, 2.75) is 51.9 Å². The number of unbranched alkanes of at least 4 members (excludes halogenated alkanes) is 2. The summed E-state index contributed by atoms with van der Waals surface area (Å²) in [6.45, 7) is 6.99. The number of halogens is 1. The lowest BCUT2D eigenvalue weighted by atomic mass is 9.80. The van der Waals surface area contributed by atoms with E-state index in [2.05, 4.69) is 59.1 Å². The molecular formula is C16H28ClN. The van der Waals surface area contributed by atoms with E-state index < -0.39 is 0 Å². The first kappa shape index (κ1) is 17.5. The first-order valence-electron chi connectivity index (χ1n) is 6.88. The fourth-order valence-electron chi connectivity index (χ4n) is 2.22. The number of nitrogens with one attached hydrogen (secondary N) is 1. The van der Waals surface area contributed by atoms with Crippen LogP contribution < -0.4 is 17.3 Å². The van der Waals surface area contributed by atoms with Crippen molar-refractivity contribution < 1.29 is 17.3 Å². The minimum absolute atomic E-state index is 0. The smallest absolute Gasteiger partial charge is 0.130 e. The number of rotatable bonds is 6. The van der Waals surface area contributed by atoms with Crippen LogP contribution in [-0.2, 0) is 5.41 Å². The lowest BCUT2D eigenvalue weighted by molar-refractivity contribution is -0.786. The van der Waals surface area contributed by atoms with Crippen LogP contribution in [0.5, 0.6) is 0 Å². The number of hydrogen-bond acceptors (Lipinski definition) is 0. The second kappa shape index (κ2) is 7.81. The average Bonchev–Trinajstić information content (AvgIpc) is 2.29. The molecule has 1 rings (SSSR count). The fourth-order valence-corrected chi connectivity index (χ4v) is 2.22. The molecule has 0 aliphatic carbocycles. The Hall–Kier alpha value is -0.530. The molecule has 0 aliphatic heterocycles. The number of quaternary nitrogens is 1. The van der Waals surface area contributed by atoms with Gasteiger partial charge in [0.05, 0.1) is 14.1 Å². The summed E-state index contributed by atoms with van der Waals surface area (Å²) in [6.07, 6.45) is 5.28. The first-order valence-corrected chi connectivity index (χ1v) is 6.88. The van der Waals surface area contributed by atoms with Crippen molar-refractivity contribution in [1.82, 2.24) is 0 Å². The summed E-state index contributed by atoms with van der Waals surface area (Å²) in [6, 6.07) is 9.11. The molecule has 0 saturated heterocycles. The van der Waals surface area contributed by atoms with Gasteiger partial charge in [0.25, 0.3) is 0 Å². The Bertz CT molecular complexity index is 327. The van der Waals surface area contributed by atoms with Crippen molar-refractivity contribution in [3.8, 4) is 0 Å². The summed E-state index contributed by atoms with van der Waals surface area (Å²) in [5.41, 5.74) is 3.15. The Kier molecular flexibility index (Phi) is 7.58. The van der Waals surface area contributed by atoms with Gasteiger partial charge >= 0.3 is 0 Å². The van der Waals surface area contributed by atoms with Crippen LogP contribution in [0.3, 0.4) is 0 Å². The maximum atomic E-state index is 2.36. The van der Waals surface area contributed by atoms with E-state index in [4.69, 9.17) is 0 Å². The molecule has 2 heteroatoms. The SMILES string of the molecule is CCCCCC(C)(C)c1ccc([NH+](C)C)cc1.[Cl-]. The zero-order chi connectivity index (χ0) is 12.9. The van der Waals surface area contributed by atoms with E-state index in [-0.39, 0.29) is 12.4 Å². The van der Waals surface area contributed by atoms with Gasteiger partial charge in [-0.15, -0.1) is 0 Å². The van der Waals surface area contributed by atoms with E-state index in [0.717, 1.165) is 0 Å². The first-order chi connectivity index (χ1) is 7.97. The highest BCUT2D eigenvalue weighted by Gasteiger charge is 2.20. The monoisotopic (exact) mass is 269 g/mol. The van der Waals surface area contributed by atoms with Gasteiger partial charge in [-0.1, -0.05) is 52.2 Å². The fraction of sp³-hybridized carbons (Fsp3) is 0.625. The predicted molar refractivity (Wildman–Crippen MR) is 76.1 cm³/mol. The minimum Gasteiger partial charge on any atom is -1.00 e. The Labute approximate surface area is 119 Å². The van der Waals surface area contributed by atoms with E-state index in [9.17, 15) is 0 Å². The van der Waals surface area contributed by atoms with Crippen LogP contribution in [0.4, 0.5) is 5.69 Å². The zero-order valence-corrected chi connectivity index (χ0v) is 13.3. The van der Waals surface area contributed by atoms with Gasteiger partial charge in [0.1, 0.15) is 5.69 Å². The van der Waals surface area contributed by atoms with Crippen LogP contribution in [0.1, 0.15) is 52.0 Å². The van der Waals surface area contributed by atoms with Crippen LogP contribution in [0.15, 0.2) is 24.3 Å². The molecule has 1 N–H and O–H groups in total. The molecule has 1 aromatic rings. The Balaban J connectivity index is 0.00000289. The number of hydrogen-bond donors (Lipinski definition) is 1. The highest BCUT2D eigenvalue weighted by molar-refractivity contribution is 5.35. The second-order valence-corrected chi connectivity index (χ2v) is 5.92. The Morgan fingerprint density at radius 1 is 1.00 bits per heavy atom. The molecular weight excluding hydrogens is 242 g/mol. The topological polar surface area (TPSA) is 4.44 Å². The van der Waals surface area contributed by atoms with Crippen LogP contribution >= 0.6 is 0 Å². The van der Waals surface area contributed by atoms with Crippen molar-refractivity contribution in [1.29, 1.82) is 0 Å². The van der Waals surface area contributed by atoms with Crippen molar-refractivity contribution >= 4 is 5.69 Å². The van der Waals surface area contributed by atoms with Gasteiger partial charge < -0.3 is 17.3 Å². The predicted octanol–water partition coefficient (Wildman–Crippen LogP) is 0.325. The van der Waals surface area contributed by atoms with Crippen LogP contribution in [-0.4, -0.2) is 14.1 Å². The molecule has 0 radical (unpaired) electrons. The molecule has 0 bridgehead atoms. The van der Waals surface area contributed by atoms with Crippen molar-refractivity contribution in [3.05, 3.63) is 29.8 Å². The summed E-state index contributed by atoms with van der Waals surface area (Å²) in [5, 5.41) is 0. The Morgan fingerprint density at radius 2 is 1.56 bits per heavy atom. The molecule has 1 nitrogen and oxygen atoms in total. The molecule has 0 amide bonds. The third-order valence-corrected chi connectivity index (χ3v) is 3.65. The third kappa shape index (κ3) is 4.99. The van der Waals surface area contributed by atoms with E-state index in [0.29, 0.717) is 5.41 Å². The summed E-state index contributed by atoms with van der Waals surface area (Å²) < 4.78 is 0. The molecule has 0 unspecified atom stereocenters. The quantitative estimate of drug-likeness (QED) is 0.710.